The second kappa shape index (κ2) is 6.87. The van der Waals surface area contributed by atoms with Crippen LogP contribution in [0.2, 0.25) is 0 Å². The van der Waals surface area contributed by atoms with Crippen LogP contribution < -0.4 is 10.2 Å². The molecule has 114 valence electrons. The van der Waals surface area contributed by atoms with Crippen molar-refractivity contribution in [3.05, 3.63) is 11.1 Å². The first-order chi connectivity index (χ1) is 9.61. The van der Waals surface area contributed by atoms with Gasteiger partial charge in [0.15, 0.2) is 5.13 Å². The molecule has 0 bridgehead atoms. The molecule has 0 spiro atoms. The fourth-order valence-electron chi connectivity index (χ4n) is 2.80. The third kappa shape index (κ3) is 3.32. The topological polar surface area (TPSA) is 31.4 Å². The van der Waals surface area contributed by atoms with Crippen molar-refractivity contribution in [2.45, 2.75) is 45.2 Å². The molecule has 0 aromatic carbocycles. The van der Waals surface area contributed by atoms with Crippen molar-refractivity contribution in [1.29, 1.82) is 0 Å². The Morgan fingerprint density at radius 2 is 2.00 bits per heavy atom. The molecule has 0 unspecified atom stereocenters. The first kappa shape index (κ1) is 15.7. The number of anilines is 1. The molecule has 0 aliphatic heterocycles. The summed E-state index contributed by atoms with van der Waals surface area (Å²) < 4.78 is 0. The zero-order valence-corrected chi connectivity index (χ0v) is 14.1. The molecule has 0 radical (unpaired) electrons. The third-order valence-corrected chi connectivity index (χ3v) is 5.62. The number of nitrogens with one attached hydrogen (secondary N) is 1. The van der Waals surface area contributed by atoms with E-state index in [0.717, 1.165) is 31.3 Å². The lowest BCUT2D eigenvalue weighted by molar-refractivity contribution is 0.0599. The molecular formula is C15H28N4S. The van der Waals surface area contributed by atoms with Gasteiger partial charge in [0.1, 0.15) is 0 Å². The van der Waals surface area contributed by atoms with Crippen molar-refractivity contribution in [3.63, 3.8) is 0 Å². The van der Waals surface area contributed by atoms with E-state index in [4.69, 9.17) is 0 Å². The summed E-state index contributed by atoms with van der Waals surface area (Å²) in [6, 6.07) is 0. The Morgan fingerprint density at radius 1 is 1.30 bits per heavy atom. The van der Waals surface area contributed by atoms with Crippen LogP contribution in [0.5, 0.6) is 0 Å². The number of rotatable bonds is 8. The number of likely N-dealkylation sites (N-methyl/N-ethyl adjacent to an activating group) is 1. The summed E-state index contributed by atoms with van der Waals surface area (Å²) in [7, 11) is 4.40. The van der Waals surface area contributed by atoms with Gasteiger partial charge in [-0.25, -0.2) is 4.98 Å². The minimum Gasteiger partial charge on any atom is -0.349 e. The molecule has 1 aliphatic rings. The fourth-order valence-corrected chi connectivity index (χ4v) is 3.81. The number of hydrogen-bond acceptors (Lipinski definition) is 5. The van der Waals surface area contributed by atoms with Crippen molar-refractivity contribution in [1.82, 2.24) is 15.2 Å². The molecule has 0 saturated heterocycles. The highest BCUT2D eigenvalue weighted by molar-refractivity contribution is 7.15. The van der Waals surface area contributed by atoms with Crippen molar-refractivity contribution in [2.24, 2.45) is 0 Å². The molecule has 4 nitrogen and oxygen atoms in total. The predicted octanol–water partition coefficient (Wildman–Crippen LogP) is 2.56. The number of hydrogen-bond donors (Lipinski definition) is 1. The van der Waals surface area contributed by atoms with Crippen LogP contribution in [0.4, 0.5) is 5.13 Å². The number of thiazole rings is 1. The van der Waals surface area contributed by atoms with E-state index in [2.05, 4.69) is 48.0 Å². The second-order valence-electron chi connectivity index (χ2n) is 5.86. The van der Waals surface area contributed by atoms with Gasteiger partial charge in [0.25, 0.3) is 0 Å². The Morgan fingerprint density at radius 3 is 2.50 bits per heavy atom. The van der Waals surface area contributed by atoms with Gasteiger partial charge in [-0.1, -0.05) is 0 Å². The maximum Gasteiger partial charge on any atom is 0.185 e. The lowest BCUT2D eigenvalue weighted by Crippen LogP contribution is -2.56. The quantitative estimate of drug-likeness (QED) is 0.799. The Labute approximate surface area is 127 Å². The monoisotopic (exact) mass is 296 g/mol. The van der Waals surface area contributed by atoms with Crippen LogP contribution in [0.1, 0.15) is 38.0 Å². The summed E-state index contributed by atoms with van der Waals surface area (Å²) in [5.74, 6) is 0. The van der Waals surface area contributed by atoms with Crippen LogP contribution in [0, 0.1) is 0 Å². The molecule has 1 aromatic rings. The van der Waals surface area contributed by atoms with Crippen molar-refractivity contribution in [2.75, 3.05) is 38.6 Å². The Bertz CT molecular complexity index is 408. The summed E-state index contributed by atoms with van der Waals surface area (Å²) in [5.41, 5.74) is 0.395. The summed E-state index contributed by atoms with van der Waals surface area (Å²) >= 11 is 1.81. The molecular weight excluding hydrogens is 268 g/mol. The normalized spacial score (nSPS) is 17.2. The first-order valence-electron chi connectivity index (χ1n) is 7.69. The lowest BCUT2D eigenvalue weighted by atomic mass is 9.75. The van der Waals surface area contributed by atoms with Gasteiger partial charge in [-0.05, 0) is 47.2 Å². The smallest absolute Gasteiger partial charge is 0.185 e. The SMILES string of the molecule is CCN(CC)c1ncc(CNCC2(N(C)C)CCC2)s1. The molecule has 2 rings (SSSR count). The van der Waals surface area contributed by atoms with Crippen molar-refractivity contribution < 1.29 is 0 Å². The van der Waals surface area contributed by atoms with Gasteiger partial charge in [-0.2, -0.15) is 0 Å². The highest BCUT2D eigenvalue weighted by Gasteiger charge is 2.38. The molecule has 1 aliphatic carbocycles. The maximum atomic E-state index is 4.54. The third-order valence-electron chi connectivity index (χ3n) is 4.56. The van der Waals surface area contributed by atoms with E-state index in [0.29, 0.717) is 5.54 Å². The molecule has 0 atom stereocenters. The van der Waals surface area contributed by atoms with E-state index in [1.165, 1.54) is 24.1 Å². The van der Waals surface area contributed by atoms with E-state index < -0.39 is 0 Å². The van der Waals surface area contributed by atoms with Gasteiger partial charge in [-0.3, -0.25) is 0 Å². The fraction of sp³-hybridized carbons (Fsp3) is 0.800. The molecule has 1 N–H and O–H groups in total. The number of nitrogens with zero attached hydrogens (tertiary/aromatic N) is 3. The molecule has 0 amide bonds. The van der Waals surface area contributed by atoms with Crippen molar-refractivity contribution >= 4 is 16.5 Å². The van der Waals surface area contributed by atoms with E-state index in [9.17, 15) is 0 Å². The van der Waals surface area contributed by atoms with Gasteiger partial charge in [0.2, 0.25) is 0 Å². The van der Waals surface area contributed by atoms with E-state index in [1.807, 2.05) is 17.5 Å². The summed E-state index contributed by atoms with van der Waals surface area (Å²) in [5, 5.41) is 4.78. The standard InChI is InChI=1S/C15H28N4S/c1-5-19(6-2)14-17-11-13(20-14)10-16-12-15(18(3)4)8-7-9-15/h11,16H,5-10,12H2,1-4H3. The molecule has 1 saturated carbocycles. The summed E-state index contributed by atoms with van der Waals surface area (Å²) in [6.07, 6.45) is 6.03. The molecule has 1 heterocycles. The zero-order chi connectivity index (χ0) is 14.6. The average Bonchev–Trinajstić information content (AvgIpc) is 2.82. The van der Waals surface area contributed by atoms with E-state index in [-0.39, 0.29) is 0 Å². The van der Waals surface area contributed by atoms with Gasteiger partial charge >= 0.3 is 0 Å². The predicted molar refractivity (Wildman–Crippen MR) is 87.7 cm³/mol. The molecule has 5 heteroatoms. The van der Waals surface area contributed by atoms with E-state index in [1.54, 1.807) is 0 Å². The van der Waals surface area contributed by atoms with Gasteiger partial charge < -0.3 is 15.1 Å². The van der Waals surface area contributed by atoms with Gasteiger partial charge in [0.05, 0.1) is 0 Å². The first-order valence-corrected chi connectivity index (χ1v) is 8.50. The summed E-state index contributed by atoms with van der Waals surface area (Å²) in [6.45, 7) is 8.44. The van der Waals surface area contributed by atoms with Gasteiger partial charge in [-0.15, -0.1) is 11.3 Å². The molecule has 1 aromatic heterocycles. The highest BCUT2D eigenvalue weighted by atomic mass is 32.1. The van der Waals surface area contributed by atoms with Crippen LogP contribution in [0.25, 0.3) is 0 Å². The molecule has 1 fully saturated rings. The van der Waals surface area contributed by atoms with Crippen LogP contribution in [0.15, 0.2) is 6.20 Å². The minimum absolute atomic E-state index is 0.395. The Balaban J connectivity index is 1.82. The zero-order valence-electron chi connectivity index (χ0n) is 13.3. The summed E-state index contributed by atoms with van der Waals surface area (Å²) in [4.78, 5) is 10.6. The van der Waals surface area contributed by atoms with Crippen molar-refractivity contribution in [3.8, 4) is 0 Å². The van der Waals surface area contributed by atoms with E-state index >= 15 is 0 Å². The lowest BCUT2D eigenvalue weighted by Gasteiger charge is -2.47. The largest absolute Gasteiger partial charge is 0.349 e. The maximum absolute atomic E-state index is 4.54. The van der Waals surface area contributed by atoms with Gasteiger partial charge in [0, 0.05) is 42.8 Å². The number of aromatic nitrogens is 1. The Hall–Kier alpha value is -0.650. The minimum atomic E-state index is 0.395. The van der Waals surface area contributed by atoms with Crippen LogP contribution >= 0.6 is 11.3 Å². The van der Waals surface area contributed by atoms with Crippen LogP contribution in [-0.4, -0.2) is 49.2 Å². The second-order valence-corrected chi connectivity index (χ2v) is 6.95. The Kier molecular flexibility index (Phi) is 5.41. The highest BCUT2D eigenvalue weighted by Crippen LogP contribution is 2.35. The van der Waals surface area contributed by atoms with Crippen LogP contribution in [-0.2, 0) is 6.54 Å². The average molecular weight is 296 g/mol. The van der Waals surface area contributed by atoms with Crippen LogP contribution in [0.3, 0.4) is 0 Å². The molecule has 20 heavy (non-hydrogen) atoms.